The van der Waals surface area contributed by atoms with Gasteiger partial charge in [-0.05, 0) is 25.0 Å². The zero-order valence-corrected chi connectivity index (χ0v) is 11.4. The molecule has 1 aromatic rings. The van der Waals surface area contributed by atoms with Crippen LogP contribution in [0.5, 0.6) is 5.75 Å². The number of nitrogens with two attached hydrogens (primary N) is 1. The quantitative estimate of drug-likeness (QED) is 0.911. The van der Waals surface area contributed by atoms with E-state index < -0.39 is 0 Å². The molecule has 1 aliphatic carbocycles. The van der Waals surface area contributed by atoms with E-state index in [1.165, 1.54) is 25.7 Å². The molecule has 0 bridgehead atoms. The maximum atomic E-state index is 14.2. The van der Waals surface area contributed by atoms with Crippen LogP contribution < -0.4 is 10.5 Å². The molecule has 0 aromatic heterocycles. The van der Waals surface area contributed by atoms with Gasteiger partial charge in [0, 0.05) is 17.5 Å². The van der Waals surface area contributed by atoms with Crippen LogP contribution in [-0.4, -0.2) is 13.7 Å². The summed E-state index contributed by atoms with van der Waals surface area (Å²) in [6, 6.07) is 2.94. The van der Waals surface area contributed by atoms with Crippen LogP contribution in [0.3, 0.4) is 0 Å². The summed E-state index contributed by atoms with van der Waals surface area (Å²) in [5.41, 5.74) is 6.20. The van der Waals surface area contributed by atoms with Gasteiger partial charge in [0.2, 0.25) is 0 Å². The molecular formula is C14H19ClFNO. The smallest absolute Gasteiger partial charge is 0.144 e. The van der Waals surface area contributed by atoms with Crippen molar-refractivity contribution in [2.24, 2.45) is 5.73 Å². The van der Waals surface area contributed by atoms with Gasteiger partial charge in [-0.1, -0.05) is 30.9 Å². The minimum Gasteiger partial charge on any atom is -0.495 e. The third kappa shape index (κ3) is 2.21. The first kappa shape index (κ1) is 13.6. The van der Waals surface area contributed by atoms with Crippen LogP contribution in [0, 0.1) is 5.82 Å². The van der Waals surface area contributed by atoms with Gasteiger partial charge in [0.1, 0.15) is 11.6 Å². The van der Waals surface area contributed by atoms with Crippen molar-refractivity contribution in [2.75, 3.05) is 13.7 Å². The van der Waals surface area contributed by atoms with Gasteiger partial charge in [0.15, 0.2) is 0 Å². The van der Waals surface area contributed by atoms with Crippen molar-refractivity contribution in [3.63, 3.8) is 0 Å². The number of rotatable bonds is 3. The Morgan fingerprint density at radius 3 is 2.56 bits per heavy atom. The molecule has 18 heavy (non-hydrogen) atoms. The van der Waals surface area contributed by atoms with Gasteiger partial charge in [-0.15, -0.1) is 0 Å². The SMILES string of the molecule is COc1c(Cl)ccc(F)c1C1(CN)CCCCC1. The van der Waals surface area contributed by atoms with Gasteiger partial charge >= 0.3 is 0 Å². The van der Waals surface area contributed by atoms with Crippen LogP contribution in [0.1, 0.15) is 37.7 Å². The number of ether oxygens (including phenoxy) is 1. The van der Waals surface area contributed by atoms with Crippen LogP contribution in [0.25, 0.3) is 0 Å². The molecule has 1 fully saturated rings. The zero-order valence-electron chi connectivity index (χ0n) is 10.6. The fourth-order valence-corrected chi connectivity index (χ4v) is 3.25. The first-order chi connectivity index (χ1) is 8.64. The van der Waals surface area contributed by atoms with Crippen molar-refractivity contribution in [3.8, 4) is 5.75 Å². The Morgan fingerprint density at radius 2 is 2.00 bits per heavy atom. The van der Waals surface area contributed by atoms with Crippen molar-refractivity contribution in [1.82, 2.24) is 0 Å². The van der Waals surface area contributed by atoms with E-state index >= 15 is 0 Å². The number of halogens is 2. The third-order valence-electron chi connectivity index (χ3n) is 3.99. The highest BCUT2D eigenvalue weighted by atomic mass is 35.5. The van der Waals surface area contributed by atoms with Gasteiger partial charge in [0.25, 0.3) is 0 Å². The first-order valence-electron chi connectivity index (χ1n) is 6.37. The van der Waals surface area contributed by atoms with Crippen LogP contribution >= 0.6 is 11.6 Å². The Hall–Kier alpha value is -0.800. The molecule has 0 amide bonds. The number of hydrogen-bond donors (Lipinski definition) is 1. The topological polar surface area (TPSA) is 35.2 Å². The monoisotopic (exact) mass is 271 g/mol. The van der Waals surface area contributed by atoms with E-state index in [0.717, 1.165) is 25.7 Å². The van der Waals surface area contributed by atoms with Crippen LogP contribution in [-0.2, 0) is 5.41 Å². The molecule has 0 heterocycles. The fourth-order valence-electron chi connectivity index (χ4n) is 3.01. The van der Waals surface area contributed by atoms with E-state index in [1.54, 1.807) is 0 Å². The summed E-state index contributed by atoms with van der Waals surface area (Å²) >= 11 is 6.11. The van der Waals surface area contributed by atoms with Gasteiger partial charge in [-0.2, -0.15) is 0 Å². The Morgan fingerprint density at radius 1 is 1.33 bits per heavy atom. The summed E-state index contributed by atoms with van der Waals surface area (Å²) in [6.07, 6.45) is 5.14. The molecule has 4 heteroatoms. The summed E-state index contributed by atoms with van der Waals surface area (Å²) in [5, 5.41) is 0.451. The molecule has 0 radical (unpaired) electrons. The van der Waals surface area contributed by atoms with Crippen molar-refractivity contribution in [3.05, 3.63) is 28.5 Å². The molecular weight excluding hydrogens is 253 g/mol. The normalized spacial score (nSPS) is 18.7. The lowest BCUT2D eigenvalue weighted by molar-refractivity contribution is 0.278. The fraction of sp³-hybridized carbons (Fsp3) is 0.571. The summed E-state index contributed by atoms with van der Waals surface area (Å²) in [5.74, 6) is 0.188. The highest BCUT2D eigenvalue weighted by Gasteiger charge is 2.38. The van der Waals surface area contributed by atoms with E-state index in [0.29, 0.717) is 22.9 Å². The molecule has 100 valence electrons. The van der Waals surface area contributed by atoms with Crippen molar-refractivity contribution >= 4 is 11.6 Å². The van der Waals surface area contributed by atoms with Gasteiger partial charge in [-0.25, -0.2) is 4.39 Å². The van der Waals surface area contributed by atoms with E-state index in [2.05, 4.69) is 0 Å². The van der Waals surface area contributed by atoms with Crippen molar-refractivity contribution in [1.29, 1.82) is 0 Å². The van der Waals surface area contributed by atoms with Gasteiger partial charge in [0.05, 0.1) is 12.1 Å². The minimum absolute atomic E-state index is 0.261. The molecule has 2 rings (SSSR count). The maximum absolute atomic E-state index is 14.2. The lowest BCUT2D eigenvalue weighted by Gasteiger charge is -2.38. The Kier molecular flexibility index (Phi) is 4.13. The number of methoxy groups -OCH3 is 1. The Bertz CT molecular complexity index is 430. The average molecular weight is 272 g/mol. The zero-order chi connectivity index (χ0) is 13.2. The first-order valence-corrected chi connectivity index (χ1v) is 6.75. The van der Waals surface area contributed by atoms with E-state index in [1.807, 2.05) is 0 Å². The van der Waals surface area contributed by atoms with Gasteiger partial charge in [-0.3, -0.25) is 0 Å². The Balaban J connectivity index is 2.56. The van der Waals surface area contributed by atoms with Crippen molar-refractivity contribution < 1.29 is 9.13 Å². The van der Waals surface area contributed by atoms with Crippen molar-refractivity contribution in [2.45, 2.75) is 37.5 Å². The summed E-state index contributed by atoms with van der Waals surface area (Å²) in [7, 11) is 1.52. The molecule has 2 nitrogen and oxygen atoms in total. The van der Waals surface area contributed by atoms with E-state index in [9.17, 15) is 4.39 Å². The second-order valence-corrected chi connectivity index (χ2v) is 5.39. The van der Waals surface area contributed by atoms with Crippen LogP contribution in [0.15, 0.2) is 12.1 Å². The molecule has 0 aliphatic heterocycles. The third-order valence-corrected chi connectivity index (χ3v) is 4.29. The minimum atomic E-state index is -0.321. The second-order valence-electron chi connectivity index (χ2n) is 4.98. The van der Waals surface area contributed by atoms with E-state index in [4.69, 9.17) is 22.1 Å². The molecule has 0 saturated heterocycles. The van der Waals surface area contributed by atoms with Crippen LogP contribution in [0.2, 0.25) is 5.02 Å². The molecule has 0 unspecified atom stereocenters. The highest BCUT2D eigenvalue weighted by Crippen LogP contribution is 2.46. The average Bonchev–Trinajstić information content (AvgIpc) is 2.41. The van der Waals surface area contributed by atoms with Gasteiger partial charge < -0.3 is 10.5 Å². The maximum Gasteiger partial charge on any atom is 0.144 e. The molecule has 1 saturated carbocycles. The Labute approximate surface area is 112 Å². The lowest BCUT2D eigenvalue weighted by Crippen LogP contribution is -2.38. The molecule has 1 aromatic carbocycles. The highest BCUT2D eigenvalue weighted by molar-refractivity contribution is 6.32. The van der Waals surface area contributed by atoms with Crippen LogP contribution in [0.4, 0.5) is 4.39 Å². The molecule has 1 aliphatic rings. The molecule has 0 atom stereocenters. The number of benzene rings is 1. The predicted molar refractivity (Wildman–Crippen MR) is 71.8 cm³/mol. The largest absolute Gasteiger partial charge is 0.495 e. The predicted octanol–water partition coefficient (Wildman–Crippen LogP) is 3.65. The molecule has 0 spiro atoms. The second kappa shape index (κ2) is 5.45. The standard InChI is InChI=1S/C14H19ClFNO/c1-18-13-10(15)5-6-11(16)12(13)14(9-17)7-3-2-4-8-14/h5-6H,2-4,7-9,17H2,1H3. The summed E-state index contributed by atoms with van der Waals surface area (Å²) in [6.45, 7) is 0.431. The molecule has 2 N–H and O–H groups in total. The lowest BCUT2D eigenvalue weighted by atomic mass is 9.69. The summed E-state index contributed by atoms with van der Waals surface area (Å²) in [4.78, 5) is 0. The van der Waals surface area contributed by atoms with E-state index in [-0.39, 0.29) is 11.2 Å². The number of hydrogen-bond acceptors (Lipinski definition) is 2. The summed E-state index contributed by atoms with van der Waals surface area (Å²) < 4.78 is 19.5.